The molecule has 1 N–H and O–H groups in total. The fraction of sp³-hybridized carbons (Fsp3) is 0.462. The lowest BCUT2D eigenvalue weighted by Crippen LogP contribution is -2.43. The second kappa shape index (κ2) is 13.8. The van der Waals surface area contributed by atoms with Crippen LogP contribution in [0.3, 0.4) is 0 Å². The van der Waals surface area contributed by atoms with Crippen molar-refractivity contribution in [1.82, 2.24) is 4.90 Å². The van der Waals surface area contributed by atoms with E-state index in [1.807, 2.05) is 30.3 Å². The van der Waals surface area contributed by atoms with Gasteiger partial charge in [0, 0.05) is 5.69 Å². The SMILES string of the molecule is COc1c(C)cc(C(c2cc(C)c(OC)c(C)c2)N2[C@H](C(=O)Nc3ccccc3)[C@@H]2C#C[Si](C(C)C)(C(C)C)C(C)C)cc1C. The van der Waals surface area contributed by atoms with Gasteiger partial charge in [-0.15, -0.1) is 5.54 Å². The minimum absolute atomic E-state index is 0.0275. The van der Waals surface area contributed by atoms with Crippen molar-refractivity contribution < 1.29 is 14.3 Å². The molecule has 1 unspecified atom stereocenters. The average molecular weight is 625 g/mol. The van der Waals surface area contributed by atoms with Crippen LogP contribution in [0, 0.1) is 39.2 Å². The summed E-state index contributed by atoms with van der Waals surface area (Å²) in [4.78, 5) is 16.4. The fourth-order valence-electron chi connectivity index (χ4n) is 7.83. The van der Waals surface area contributed by atoms with Gasteiger partial charge in [-0.05, 0) is 89.8 Å². The maximum absolute atomic E-state index is 14.1. The van der Waals surface area contributed by atoms with Crippen LogP contribution >= 0.6 is 0 Å². The highest BCUT2D eigenvalue weighted by Crippen LogP contribution is 2.47. The molecule has 240 valence electrons. The number of carbonyl (C=O) groups is 1. The number of benzene rings is 3. The van der Waals surface area contributed by atoms with Crippen molar-refractivity contribution in [3.8, 4) is 23.0 Å². The predicted molar refractivity (Wildman–Crippen MR) is 190 cm³/mol. The lowest BCUT2D eigenvalue weighted by atomic mass is 9.92. The topological polar surface area (TPSA) is 50.6 Å². The Morgan fingerprint density at radius 2 is 1.18 bits per heavy atom. The Hall–Kier alpha value is -3.53. The second-order valence-corrected chi connectivity index (χ2v) is 19.2. The zero-order chi connectivity index (χ0) is 33.2. The van der Waals surface area contributed by atoms with Gasteiger partial charge in [-0.25, -0.2) is 0 Å². The molecular formula is C39H52N2O3Si. The molecule has 1 aliphatic rings. The Morgan fingerprint density at radius 1 is 0.756 bits per heavy atom. The summed E-state index contributed by atoms with van der Waals surface area (Å²) in [5, 5.41) is 3.19. The van der Waals surface area contributed by atoms with Gasteiger partial charge in [0.2, 0.25) is 5.91 Å². The van der Waals surface area contributed by atoms with Crippen molar-refractivity contribution in [2.75, 3.05) is 19.5 Å². The van der Waals surface area contributed by atoms with Gasteiger partial charge in [0.05, 0.1) is 26.3 Å². The molecule has 3 atom stereocenters. The third kappa shape index (κ3) is 6.71. The number of aryl methyl sites for hydroxylation is 4. The molecule has 45 heavy (non-hydrogen) atoms. The van der Waals surface area contributed by atoms with Crippen LogP contribution in [0.4, 0.5) is 5.69 Å². The lowest BCUT2D eigenvalue weighted by Gasteiger charge is -2.38. The maximum atomic E-state index is 14.1. The van der Waals surface area contributed by atoms with Crippen molar-refractivity contribution in [2.24, 2.45) is 0 Å². The van der Waals surface area contributed by atoms with Crippen LogP contribution in [-0.4, -0.2) is 45.2 Å². The number of rotatable bonds is 10. The van der Waals surface area contributed by atoms with E-state index in [1.54, 1.807) is 14.2 Å². The minimum Gasteiger partial charge on any atom is -0.496 e. The van der Waals surface area contributed by atoms with Crippen LogP contribution in [0.25, 0.3) is 0 Å². The van der Waals surface area contributed by atoms with Gasteiger partial charge >= 0.3 is 0 Å². The highest BCUT2D eigenvalue weighted by molar-refractivity contribution is 6.90. The van der Waals surface area contributed by atoms with E-state index in [0.29, 0.717) is 16.6 Å². The predicted octanol–water partition coefficient (Wildman–Crippen LogP) is 8.94. The molecule has 0 radical (unpaired) electrons. The zero-order valence-electron chi connectivity index (χ0n) is 29.3. The van der Waals surface area contributed by atoms with Gasteiger partial charge in [0.1, 0.15) is 25.6 Å². The molecule has 1 saturated heterocycles. The van der Waals surface area contributed by atoms with E-state index < -0.39 is 14.1 Å². The molecule has 1 aliphatic heterocycles. The molecule has 3 aromatic rings. The monoisotopic (exact) mass is 624 g/mol. The number of hydrogen-bond acceptors (Lipinski definition) is 4. The van der Waals surface area contributed by atoms with Gasteiger partial charge in [-0.3, -0.25) is 9.69 Å². The first-order valence-electron chi connectivity index (χ1n) is 16.2. The smallest absolute Gasteiger partial charge is 0.244 e. The van der Waals surface area contributed by atoms with Crippen LogP contribution in [0.2, 0.25) is 16.6 Å². The Morgan fingerprint density at radius 3 is 1.56 bits per heavy atom. The molecule has 0 aliphatic carbocycles. The largest absolute Gasteiger partial charge is 0.496 e. The van der Waals surface area contributed by atoms with Gasteiger partial charge in [-0.1, -0.05) is 89.9 Å². The molecule has 0 spiro atoms. The summed E-state index contributed by atoms with van der Waals surface area (Å²) < 4.78 is 11.5. The van der Waals surface area contributed by atoms with Crippen LogP contribution in [0.5, 0.6) is 11.5 Å². The van der Waals surface area contributed by atoms with Gasteiger partial charge < -0.3 is 14.8 Å². The number of nitrogens with one attached hydrogen (secondary N) is 1. The highest BCUT2D eigenvalue weighted by atomic mass is 28.3. The molecular weight excluding hydrogens is 573 g/mol. The Kier molecular flexibility index (Phi) is 10.6. The van der Waals surface area contributed by atoms with E-state index in [-0.39, 0.29) is 18.0 Å². The summed E-state index contributed by atoms with van der Waals surface area (Å²) in [6, 6.07) is 17.7. The quantitative estimate of drug-likeness (QED) is 0.139. The van der Waals surface area contributed by atoms with Crippen molar-refractivity contribution in [3.05, 3.63) is 88.0 Å². The van der Waals surface area contributed by atoms with Crippen LogP contribution in [0.1, 0.15) is 81.0 Å². The average Bonchev–Trinajstić information content (AvgIpc) is 3.66. The van der Waals surface area contributed by atoms with E-state index in [1.165, 1.54) is 0 Å². The molecule has 1 fully saturated rings. The summed E-state index contributed by atoms with van der Waals surface area (Å²) in [6.45, 7) is 22.3. The number of methoxy groups -OCH3 is 2. The third-order valence-corrected chi connectivity index (χ3v) is 16.1. The van der Waals surface area contributed by atoms with E-state index >= 15 is 0 Å². The first-order valence-corrected chi connectivity index (χ1v) is 18.5. The molecule has 0 aromatic heterocycles. The summed E-state index contributed by atoms with van der Waals surface area (Å²) in [5.41, 5.74) is 12.8. The van der Waals surface area contributed by atoms with E-state index in [0.717, 1.165) is 50.6 Å². The number of hydrogen-bond donors (Lipinski definition) is 1. The number of ether oxygens (including phenoxy) is 2. The molecule has 1 amide bonds. The molecule has 3 aromatic carbocycles. The summed E-state index contributed by atoms with van der Waals surface area (Å²) in [5.74, 6) is 5.51. The van der Waals surface area contributed by atoms with Crippen molar-refractivity contribution in [2.45, 2.75) is 104 Å². The lowest BCUT2D eigenvalue weighted by molar-refractivity contribution is -0.116. The van der Waals surface area contributed by atoms with Crippen LogP contribution in [-0.2, 0) is 4.79 Å². The number of anilines is 1. The third-order valence-electron chi connectivity index (χ3n) is 9.77. The molecule has 6 heteroatoms. The first-order chi connectivity index (χ1) is 21.3. The maximum Gasteiger partial charge on any atom is 0.244 e. The van der Waals surface area contributed by atoms with Crippen molar-refractivity contribution >= 4 is 19.7 Å². The molecule has 0 bridgehead atoms. The van der Waals surface area contributed by atoms with Crippen molar-refractivity contribution in [3.63, 3.8) is 0 Å². The molecule has 0 saturated carbocycles. The fourth-order valence-corrected chi connectivity index (χ4v) is 13.1. The van der Waals surface area contributed by atoms with Gasteiger partial charge in [0.15, 0.2) is 0 Å². The van der Waals surface area contributed by atoms with Gasteiger partial charge in [0.25, 0.3) is 0 Å². The Labute approximate surface area is 272 Å². The van der Waals surface area contributed by atoms with Gasteiger partial charge in [-0.2, -0.15) is 0 Å². The highest BCUT2D eigenvalue weighted by Gasteiger charge is 2.56. The van der Waals surface area contributed by atoms with E-state index in [9.17, 15) is 4.79 Å². The number of nitrogens with zero attached hydrogens (tertiary/aromatic N) is 1. The molecule has 5 nitrogen and oxygen atoms in total. The molecule has 4 rings (SSSR count). The summed E-state index contributed by atoms with van der Waals surface area (Å²) in [7, 11) is 1.41. The van der Waals surface area contributed by atoms with E-state index in [4.69, 9.17) is 9.47 Å². The minimum atomic E-state index is -2.02. The normalized spacial score (nSPS) is 17.8. The van der Waals surface area contributed by atoms with Crippen LogP contribution < -0.4 is 14.8 Å². The number of amides is 1. The van der Waals surface area contributed by atoms with Crippen LogP contribution in [0.15, 0.2) is 54.6 Å². The zero-order valence-corrected chi connectivity index (χ0v) is 30.3. The number of para-hydroxylation sites is 1. The van der Waals surface area contributed by atoms with E-state index in [2.05, 4.69) is 115 Å². The molecule has 1 heterocycles. The standard InChI is InChI=1S/C39H52N2O3Si/c1-24(2)45(25(3)4,26(5)6)19-18-34-36(39(42)40-33-16-14-13-15-17-33)41(34)35(31-20-27(7)37(43-11)28(8)21-31)32-22-29(9)38(44-12)30(10)23-32/h13-17,20-26,34-36H,1-12H3,(H,40,42)/t34-,36-,41?/m0/s1. The summed E-state index contributed by atoms with van der Waals surface area (Å²) in [6.07, 6.45) is 0. The number of carbonyl (C=O) groups excluding carboxylic acids is 1. The second-order valence-electron chi connectivity index (χ2n) is 13.6. The van der Waals surface area contributed by atoms with Crippen molar-refractivity contribution in [1.29, 1.82) is 0 Å². The summed E-state index contributed by atoms with van der Waals surface area (Å²) >= 11 is 0. The Balaban J connectivity index is 1.92. The first kappa shape index (κ1) is 34.3. The Bertz CT molecular complexity index is 1460.